The van der Waals surface area contributed by atoms with Crippen LogP contribution in [0.2, 0.25) is 0 Å². The minimum atomic E-state index is -2.21. The van der Waals surface area contributed by atoms with Crippen LogP contribution in [0.15, 0.2) is 18.2 Å². The zero-order valence-electron chi connectivity index (χ0n) is 13.8. The molecule has 0 aromatic heterocycles. The van der Waals surface area contributed by atoms with E-state index in [-0.39, 0.29) is 5.75 Å². The largest absolute Gasteiger partial charge is 0.488 e. The van der Waals surface area contributed by atoms with Crippen molar-refractivity contribution in [1.82, 2.24) is 0 Å². The van der Waals surface area contributed by atoms with Gasteiger partial charge in [-0.2, -0.15) is 0 Å². The lowest BCUT2D eigenvalue weighted by Gasteiger charge is -2.24. The van der Waals surface area contributed by atoms with Crippen LogP contribution in [0.25, 0.3) is 0 Å². The molecule has 0 bridgehead atoms. The molecule has 0 aliphatic heterocycles. The SMILES string of the molecule is CC(C)(C)c1cccc(C=N)c1OCc1c(F)c(F)c(F)c(F)c1F. The molecule has 0 saturated heterocycles. The van der Waals surface area contributed by atoms with Crippen molar-refractivity contribution < 1.29 is 26.7 Å². The first-order valence-electron chi connectivity index (χ1n) is 7.36. The second kappa shape index (κ2) is 6.82. The van der Waals surface area contributed by atoms with Gasteiger partial charge in [0.2, 0.25) is 5.82 Å². The van der Waals surface area contributed by atoms with E-state index in [2.05, 4.69) is 0 Å². The van der Waals surface area contributed by atoms with Crippen molar-refractivity contribution in [2.75, 3.05) is 0 Å². The standard InChI is InChI=1S/C18H16F5NO/c1-18(2,3)11-6-4-5-9(7-24)17(11)25-8-10-12(19)14(21)16(23)15(22)13(10)20/h4-7,24H,8H2,1-3H3. The Morgan fingerprint density at radius 1 is 0.920 bits per heavy atom. The molecule has 0 aliphatic rings. The molecule has 2 rings (SSSR count). The number of hydrogen-bond acceptors (Lipinski definition) is 2. The Balaban J connectivity index is 2.49. The van der Waals surface area contributed by atoms with Crippen molar-refractivity contribution in [2.24, 2.45) is 0 Å². The van der Waals surface area contributed by atoms with Gasteiger partial charge in [0.05, 0.1) is 5.56 Å². The topological polar surface area (TPSA) is 33.1 Å². The van der Waals surface area contributed by atoms with Gasteiger partial charge in [-0.1, -0.05) is 32.9 Å². The minimum Gasteiger partial charge on any atom is -0.488 e. The van der Waals surface area contributed by atoms with Crippen molar-refractivity contribution in [2.45, 2.75) is 32.8 Å². The van der Waals surface area contributed by atoms with Crippen molar-refractivity contribution in [3.8, 4) is 5.75 Å². The van der Waals surface area contributed by atoms with Crippen molar-refractivity contribution in [3.63, 3.8) is 0 Å². The molecule has 25 heavy (non-hydrogen) atoms. The summed E-state index contributed by atoms with van der Waals surface area (Å²) >= 11 is 0. The van der Waals surface area contributed by atoms with Crippen LogP contribution in [0.3, 0.4) is 0 Å². The minimum absolute atomic E-state index is 0.161. The summed E-state index contributed by atoms with van der Waals surface area (Å²) in [7, 11) is 0. The van der Waals surface area contributed by atoms with Gasteiger partial charge in [-0.25, -0.2) is 22.0 Å². The molecule has 0 heterocycles. The summed E-state index contributed by atoms with van der Waals surface area (Å²) in [5, 5.41) is 7.43. The van der Waals surface area contributed by atoms with E-state index >= 15 is 0 Å². The van der Waals surface area contributed by atoms with Gasteiger partial charge in [-0.3, -0.25) is 0 Å². The molecular formula is C18H16F5NO. The quantitative estimate of drug-likeness (QED) is 0.344. The monoisotopic (exact) mass is 357 g/mol. The highest BCUT2D eigenvalue weighted by Gasteiger charge is 2.27. The number of halogens is 5. The van der Waals surface area contributed by atoms with Crippen molar-refractivity contribution in [1.29, 1.82) is 5.41 Å². The lowest BCUT2D eigenvalue weighted by molar-refractivity contribution is 0.273. The first-order valence-corrected chi connectivity index (χ1v) is 7.36. The number of nitrogens with one attached hydrogen (secondary N) is 1. The summed E-state index contributed by atoms with van der Waals surface area (Å²) in [6, 6.07) is 4.95. The fraction of sp³-hybridized carbons (Fsp3) is 0.278. The van der Waals surface area contributed by atoms with Gasteiger partial charge in [0.15, 0.2) is 23.3 Å². The summed E-state index contributed by atoms with van der Waals surface area (Å²) < 4.78 is 72.6. The Morgan fingerprint density at radius 3 is 1.92 bits per heavy atom. The van der Waals surface area contributed by atoms with Gasteiger partial charge in [-0.15, -0.1) is 0 Å². The van der Waals surface area contributed by atoms with E-state index in [9.17, 15) is 22.0 Å². The second-order valence-electron chi connectivity index (χ2n) is 6.46. The van der Waals surface area contributed by atoms with Gasteiger partial charge >= 0.3 is 0 Å². The third-order valence-electron chi connectivity index (χ3n) is 3.67. The highest BCUT2D eigenvalue weighted by molar-refractivity contribution is 5.82. The van der Waals surface area contributed by atoms with Gasteiger partial charge in [0, 0.05) is 17.3 Å². The maximum absolute atomic E-state index is 13.8. The summed E-state index contributed by atoms with van der Waals surface area (Å²) in [5.41, 5.74) is -0.519. The third kappa shape index (κ3) is 3.50. The number of hydrogen-bond donors (Lipinski definition) is 1. The average molecular weight is 357 g/mol. The number of ether oxygens (including phenoxy) is 1. The second-order valence-corrected chi connectivity index (χ2v) is 6.46. The van der Waals surface area contributed by atoms with Gasteiger partial charge < -0.3 is 10.1 Å². The van der Waals surface area contributed by atoms with Crippen LogP contribution in [0, 0.1) is 34.5 Å². The Bertz CT molecular complexity index is 798. The molecule has 2 aromatic rings. The Labute approximate surface area is 141 Å². The molecule has 0 radical (unpaired) electrons. The van der Waals surface area contributed by atoms with E-state index in [1.165, 1.54) is 0 Å². The Kier molecular flexibility index (Phi) is 5.15. The smallest absolute Gasteiger partial charge is 0.200 e. The Hall–Kier alpha value is -2.44. The predicted molar refractivity (Wildman–Crippen MR) is 83.6 cm³/mol. The first-order chi connectivity index (χ1) is 11.6. The van der Waals surface area contributed by atoms with E-state index in [0.717, 1.165) is 6.21 Å². The van der Waals surface area contributed by atoms with Crippen LogP contribution in [0.1, 0.15) is 37.5 Å². The van der Waals surface area contributed by atoms with Crippen LogP contribution >= 0.6 is 0 Å². The molecule has 0 amide bonds. The summed E-state index contributed by atoms with van der Waals surface area (Å²) in [4.78, 5) is 0. The third-order valence-corrected chi connectivity index (χ3v) is 3.67. The normalized spacial score (nSPS) is 11.5. The molecule has 134 valence electrons. The van der Waals surface area contributed by atoms with E-state index < -0.39 is 46.7 Å². The lowest BCUT2D eigenvalue weighted by atomic mass is 9.85. The fourth-order valence-electron chi connectivity index (χ4n) is 2.34. The van der Waals surface area contributed by atoms with Gasteiger partial charge in [-0.05, 0) is 11.5 Å². The molecule has 0 aliphatic carbocycles. The molecule has 2 nitrogen and oxygen atoms in total. The summed E-state index contributed by atoms with van der Waals surface area (Å²) in [6.45, 7) is 4.73. The molecule has 7 heteroatoms. The lowest BCUT2D eigenvalue weighted by Crippen LogP contribution is -2.16. The Morgan fingerprint density at radius 2 is 1.44 bits per heavy atom. The molecule has 0 spiro atoms. The van der Waals surface area contributed by atoms with Crippen molar-refractivity contribution in [3.05, 3.63) is 64.0 Å². The highest BCUT2D eigenvalue weighted by Crippen LogP contribution is 2.34. The van der Waals surface area contributed by atoms with E-state index in [4.69, 9.17) is 10.1 Å². The number of rotatable bonds is 4. The fourth-order valence-corrected chi connectivity index (χ4v) is 2.34. The van der Waals surface area contributed by atoms with E-state index in [0.29, 0.717) is 11.1 Å². The zero-order chi connectivity index (χ0) is 18.9. The molecule has 2 aromatic carbocycles. The average Bonchev–Trinajstić information content (AvgIpc) is 2.57. The molecule has 1 N–H and O–H groups in total. The summed E-state index contributed by atoms with van der Waals surface area (Å²) in [6.07, 6.45) is 0.989. The summed E-state index contributed by atoms with van der Waals surface area (Å²) in [5.74, 6) is -9.95. The number of benzene rings is 2. The van der Waals surface area contributed by atoms with Crippen LogP contribution in [-0.4, -0.2) is 6.21 Å². The maximum Gasteiger partial charge on any atom is 0.200 e. The molecular weight excluding hydrogens is 341 g/mol. The van der Waals surface area contributed by atoms with Gasteiger partial charge in [0.25, 0.3) is 0 Å². The van der Waals surface area contributed by atoms with Crippen LogP contribution in [0.5, 0.6) is 5.75 Å². The molecule has 0 saturated carbocycles. The highest BCUT2D eigenvalue weighted by atomic mass is 19.2. The molecule has 0 atom stereocenters. The van der Waals surface area contributed by atoms with Crippen LogP contribution in [0.4, 0.5) is 22.0 Å². The van der Waals surface area contributed by atoms with E-state index in [1.54, 1.807) is 18.2 Å². The molecule has 0 unspecified atom stereocenters. The van der Waals surface area contributed by atoms with Crippen LogP contribution < -0.4 is 4.74 Å². The predicted octanol–water partition coefficient (Wildman–Crippen LogP) is 5.26. The van der Waals surface area contributed by atoms with Crippen LogP contribution in [-0.2, 0) is 12.0 Å². The first kappa shape index (κ1) is 18.9. The van der Waals surface area contributed by atoms with E-state index in [1.807, 2.05) is 20.8 Å². The molecule has 0 fully saturated rings. The zero-order valence-corrected chi connectivity index (χ0v) is 13.8. The van der Waals surface area contributed by atoms with Gasteiger partial charge in [0.1, 0.15) is 12.4 Å². The number of para-hydroxylation sites is 1. The van der Waals surface area contributed by atoms with Crippen molar-refractivity contribution >= 4 is 6.21 Å². The maximum atomic E-state index is 13.8.